The number of rotatable bonds is 4. The van der Waals surface area contributed by atoms with Crippen LogP contribution in [-0.2, 0) is 0 Å². The van der Waals surface area contributed by atoms with Crippen LogP contribution in [0, 0.1) is 18.6 Å². The van der Waals surface area contributed by atoms with Crippen molar-refractivity contribution < 1.29 is 28.2 Å². The zero-order valence-corrected chi connectivity index (χ0v) is 17.5. The van der Waals surface area contributed by atoms with E-state index in [2.05, 4.69) is 5.32 Å². The van der Waals surface area contributed by atoms with E-state index in [9.17, 15) is 23.5 Å². The summed E-state index contributed by atoms with van der Waals surface area (Å²) < 4.78 is 33.6. The molecule has 1 amide bonds. The average Bonchev–Trinajstić information content (AvgIpc) is 2.75. The van der Waals surface area contributed by atoms with Crippen LogP contribution in [0.1, 0.15) is 39.6 Å². The van der Waals surface area contributed by atoms with Gasteiger partial charge in [0.1, 0.15) is 28.5 Å². The molecule has 0 fully saturated rings. The summed E-state index contributed by atoms with van der Waals surface area (Å²) in [5, 5.41) is 12.1. The highest BCUT2D eigenvalue weighted by Gasteiger charge is 2.37. The van der Waals surface area contributed by atoms with Gasteiger partial charge in [0.2, 0.25) is 0 Å². The number of aliphatic hydroxyl groups excluding tert-OH is 1. The molecule has 0 spiro atoms. The molecule has 0 saturated heterocycles. The van der Waals surface area contributed by atoms with Crippen molar-refractivity contribution in [2.75, 3.05) is 11.9 Å². The number of aliphatic hydroxyl groups is 1. The quantitative estimate of drug-likeness (QED) is 0.608. The summed E-state index contributed by atoms with van der Waals surface area (Å²) in [6.07, 6.45) is 0.103. The fraction of sp³-hybridized carbons (Fsp3) is 0.200. The van der Waals surface area contributed by atoms with E-state index in [0.717, 1.165) is 28.8 Å². The molecule has 0 aromatic heterocycles. The van der Waals surface area contributed by atoms with Crippen LogP contribution in [0.15, 0.2) is 54.6 Å². The molecular weight excluding hydrogens is 416 g/mol. The number of anilines is 1. The molecule has 32 heavy (non-hydrogen) atoms. The molecule has 5 nitrogen and oxygen atoms in total. The first kappa shape index (κ1) is 21.6. The minimum absolute atomic E-state index is 0.0871. The second kappa shape index (κ2) is 8.16. The number of amides is 1. The number of carbonyl (C=O) groups is 2. The van der Waals surface area contributed by atoms with Crippen molar-refractivity contribution in [1.82, 2.24) is 0 Å². The summed E-state index contributed by atoms with van der Waals surface area (Å²) in [5.74, 6) is -2.39. The highest BCUT2D eigenvalue weighted by Crippen LogP contribution is 2.40. The molecule has 0 saturated carbocycles. The molecule has 0 bridgehead atoms. The Hall–Kier alpha value is -3.58. The first-order chi connectivity index (χ1) is 15.2. The van der Waals surface area contributed by atoms with Gasteiger partial charge in [-0.1, -0.05) is 24.3 Å². The topological polar surface area (TPSA) is 75.6 Å². The minimum Gasteiger partial charge on any atom is -0.484 e. The van der Waals surface area contributed by atoms with Crippen LogP contribution in [0.3, 0.4) is 0 Å². The predicted molar refractivity (Wildman–Crippen MR) is 116 cm³/mol. The van der Waals surface area contributed by atoms with Gasteiger partial charge in [-0.15, -0.1) is 0 Å². The Morgan fingerprint density at radius 3 is 2.31 bits per heavy atom. The van der Waals surface area contributed by atoms with E-state index in [-0.39, 0.29) is 18.8 Å². The first-order valence-corrected chi connectivity index (χ1v) is 10.0. The van der Waals surface area contributed by atoms with E-state index in [1.54, 1.807) is 37.3 Å². The summed E-state index contributed by atoms with van der Waals surface area (Å²) in [6, 6.07) is 13.5. The molecule has 4 rings (SSSR count). The maximum atomic E-state index is 13.8. The van der Waals surface area contributed by atoms with E-state index in [1.165, 1.54) is 6.07 Å². The standard InChI is InChI=1S/C25H21F2NO4/c1-14-17(10-11-18-21(30)12-25(2,13-29)32-23(14)18)15-6-8-16(9-7-15)28-24(31)22-19(26)4-3-5-20(22)27/h3-11,29H,12-13H2,1-2H3,(H,28,31). The number of ketones is 1. The highest BCUT2D eigenvalue weighted by molar-refractivity contribution is 6.05. The lowest BCUT2D eigenvalue weighted by Crippen LogP contribution is -2.42. The fourth-order valence-corrected chi connectivity index (χ4v) is 3.80. The van der Waals surface area contributed by atoms with Crippen molar-refractivity contribution in [2.45, 2.75) is 25.9 Å². The maximum Gasteiger partial charge on any atom is 0.261 e. The number of Topliss-reactive ketones (excluding diaryl/α,β-unsaturated/α-hetero) is 1. The lowest BCUT2D eigenvalue weighted by atomic mass is 9.88. The Morgan fingerprint density at radius 2 is 1.69 bits per heavy atom. The number of nitrogens with one attached hydrogen (secondary N) is 1. The Kier molecular flexibility index (Phi) is 5.52. The smallest absolute Gasteiger partial charge is 0.261 e. The van der Waals surface area contributed by atoms with Crippen molar-refractivity contribution in [2.24, 2.45) is 0 Å². The second-order valence-electron chi connectivity index (χ2n) is 8.05. The van der Waals surface area contributed by atoms with Crippen molar-refractivity contribution in [3.63, 3.8) is 0 Å². The van der Waals surface area contributed by atoms with Gasteiger partial charge in [-0.25, -0.2) is 8.78 Å². The third-order valence-corrected chi connectivity index (χ3v) is 5.57. The lowest BCUT2D eigenvalue weighted by molar-refractivity contribution is 0.0104. The zero-order chi connectivity index (χ0) is 23.0. The number of ether oxygens (including phenoxy) is 1. The number of hydrogen-bond donors (Lipinski definition) is 2. The van der Waals surface area contributed by atoms with Crippen LogP contribution in [-0.4, -0.2) is 29.0 Å². The summed E-state index contributed by atoms with van der Waals surface area (Å²) in [6.45, 7) is 3.25. The van der Waals surface area contributed by atoms with E-state index in [1.807, 2.05) is 13.0 Å². The third-order valence-electron chi connectivity index (χ3n) is 5.57. The maximum absolute atomic E-state index is 13.8. The molecule has 0 aliphatic carbocycles. The number of benzene rings is 3. The third kappa shape index (κ3) is 3.87. The molecule has 1 heterocycles. The van der Waals surface area contributed by atoms with E-state index < -0.39 is 28.7 Å². The Balaban J connectivity index is 1.61. The van der Waals surface area contributed by atoms with Crippen LogP contribution >= 0.6 is 0 Å². The van der Waals surface area contributed by atoms with Gasteiger partial charge in [0.05, 0.1) is 18.6 Å². The van der Waals surface area contributed by atoms with Gasteiger partial charge in [0.15, 0.2) is 5.78 Å². The molecule has 3 aromatic carbocycles. The Labute approximate surface area is 183 Å². The predicted octanol–water partition coefficient (Wildman–Crippen LogP) is 4.91. The Morgan fingerprint density at radius 1 is 1.06 bits per heavy atom. The van der Waals surface area contributed by atoms with Gasteiger partial charge in [-0.3, -0.25) is 9.59 Å². The minimum atomic E-state index is -0.969. The van der Waals surface area contributed by atoms with Crippen molar-refractivity contribution in [1.29, 1.82) is 0 Å². The van der Waals surface area contributed by atoms with Gasteiger partial charge in [0, 0.05) is 5.69 Å². The normalized spacial score (nSPS) is 17.5. The van der Waals surface area contributed by atoms with Gasteiger partial charge in [0.25, 0.3) is 5.91 Å². The molecule has 1 unspecified atom stereocenters. The fourth-order valence-electron chi connectivity index (χ4n) is 3.80. The van der Waals surface area contributed by atoms with E-state index >= 15 is 0 Å². The number of carbonyl (C=O) groups excluding carboxylic acids is 2. The summed E-state index contributed by atoms with van der Waals surface area (Å²) in [7, 11) is 0. The number of hydrogen-bond acceptors (Lipinski definition) is 4. The lowest BCUT2D eigenvalue weighted by Gasteiger charge is -2.34. The van der Waals surface area contributed by atoms with E-state index in [0.29, 0.717) is 17.0 Å². The van der Waals surface area contributed by atoms with Crippen LogP contribution in [0.5, 0.6) is 5.75 Å². The van der Waals surface area contributed by atoms with Crippen LogP contribution in [0.25, 0.3) is 11.1 Å². The van der Waals surface area contributed by atoms with Gasteiger partial charge in [-0.2, -0.15) is 0 Å². The molecule has 3 aromatic rings. The van der Waals surface area contributed by atoms with Gasteiger partial charge < -0.3 is 15.2 Å². The van der Waals surface area contributed by atoms with Crippen LogP contribution < -0.4 is 10.1 Å². The average molecular weight is 437 g/mol. The molecular formula is C25H21F2NO4. The van der Waals surface area contributed by atoms with Gasteiger partial charge in [-0.05, 0) is 60.9 Å². The molecule has 0 radical (unpaired) electrons. The van der Waals surface area contributed by atoms with Gasteiger partial charge >= 0.3 is 0 Å². The molecule has 1 aliphatic heterocycles. The molecule has 7 heteroatoms. The first-order valence-electron chi connectivity index (χ1n) is 10.0. The second-order valence-corrected chi connectivity index (χ2v) is 8.05. The van der Waals surface area contributed by atoms with Crippen LogP contribution in [0.4, 0.5) is 14.5 Å². The number of fused-ring (bicyclic) bond motifs is 1. The number of halogens is 2. The monoisotopic (exact) mass is 437 g/mol. The van der Waals surface area contributed by atoms with Crippen molar-refractivity contribution >= 4 is 17.4 Å². The molecule has 1 aliphatic rings. The Bertz CT molecular complexity index is 1200. The van der Waals surface area contributed by atoms with Crippen LogP contribution in [0.2, 0.25) is 0 Å². The molecule has 1 atom stereocenters. The van der Waals surface area contributed by atoms with Crippen molar-refractivity contribution in [3.05, 3.63) is 82.9 Å². The highest BCUT2D eigenvalue weighted by atomic mass is 19.1. The summed E-state index contributed by atoms with van der Waals surface area (Å²) in [4.78, 5) is 24.8. The summed E-state index contributed by atoms with van der Waals surface area (Å²) in [5.41, 5.74) is 1.61. The zero-order valence-electron chi connectivity index (χ0n) is 17.5. The molecule has 164 valence electrons. The van der Waals surface area contributed by atoms with Crippen molar-refractivity contribution in [3.8, 4) is 16.9 Å². The molecule has 2 N–H and O–H groups in total. The summed E-state index contributed by atoms with van der Waals surface area (Å²) >= 11 is 0. The van der Waals surface area contributed by atoms with E-state index in [4.69, 9.17) is 4.74 Å². The SMILES string of the molecule is Cc1c(-c2ccc(NC(=O)c3c(F)cccc3F)cc2)ccc2c1OC(C)(CO)CC2=O. The largest absolute Gasteiger partial charge is 0.484 e.